The highest BCUT2D eigenvalue weighted by molar-refractivity contribution is 5.94. The summed E-state index contributed by atoms with van der Waals surface area (Å²) in [7, 11) is 0. The van der Waals surface area contributed by atoms with E-state index in [0.29, 0.717) is 24.7 Å². The number of benzene rings is 2. The lowest BCUT2D eigenvalue weighted by molar-refractivity contribution is -0.121. The number of anilines is 1. The van der Waals surface area contributed by atoms with Crippen molar-refractivity contribution < 1.29 is 23.2 Å². The maximum atomic E-state index is 13.5. The second-order valence-electron chi connectivity index (χ2n) is 7.10. The molecule has 0 spiro atoms. The predicted octanol–water partition coefficient (Wildman–Crippen LogP) is 3.39. The van der Waals surface area contributed by atoms with Crippen LogP contribution in [0.3, 0.4) is 0 Å². The average molecular weight is 417 g/mol. The van der Waals surface area contributed by atoms with E-state index in [-0.39, 0.29) is 36.3 Å². The van der Waals surface area contributed by atoms with Gasteiger partial charge in [-0.3, -0.25) is 14.4 Å². The molecule has 0 fully saturated rings. The summed E-state index contributed by atoms with van der Waals surface area (Å²) in [6.07, 6.45) is 0.565. The zero-order valence-corrected chi connectivity index (χ0v) is 16.9. The number of hydrogen-bond acceptors (Lipinski definition) is 3. The predicted molar refractivity (Wildman–Crippen MR) is 110 cm³/mol. The molecule has 160 valence electrons. The number of amides is 3. The molecule has 30 heavy (non-hydrogen) atoms. The Hall–Kier alpha value is -3.29. The first-order valence-electron chi connectivity index (χ1n) is 9.66. The SMILES string of the molecule is CC(C)C(=O)Nc1ccc(CNC(=O)CCCNC(=O)c2ccc(F)cc2F)cc1. The Kier molecular flexibility index (Phi) is 8.46. The fourth-order valence-corrected chi connectivity index (χ4v) is 2.50. The number of halogens is 2. The van der Waals surface area contributed by atoms with Crippen molar-refractivity contribution in [2.45, 2.75) is 33.2 Å². The third kappa shape index (κ3) is 7.27. The molecular weight excluding hydrogens is 392 g/mol. The van der Waals surface area contributed by atoms with Gasteiger partial charge in [-0.15, -0.1) is 0 Å². The summed E-state index contributed by atoms with van der Waals surface area (Å²) in [5, 5.41) is 8.07. The topological polar surface area (TPSA) is 87.3 Å². The average Bonchev–Trinajstić information content (AvgIpc) is 2.70. The molecule has 0 bridgehead atoms. The van der Waals surface area contributed by atoms with E-state index >= 15 is 0 Å². The van der Waals surface area contributed by atoms with Crippen LogP contribution in [0.5, 0.6) is 0 Å². The van der Waals surface area contributed by atoms with Crippen LogP contribution in [-0.2, 0) is 16.1 Å². The molecule has 0 aliphatic rings. The van der Waals surface area contributed by atoms with Gasteiger partial charge in [-0.25, -0.2) is 8.78 Å². The first-order chi connectivity index (χ1) is 14.3. The number of carbonyl (C=O) groups is 3. The van der Waals surface area contributed by atoms with Crippen LogP contribution in [0.1, 0.15) is 42.6 Å². The van der Waals surface area contributed by atoms with Crippen molar-refractivity contribution >= 4 is 23.4 Å². The van der Waals surface area contributed by atoms with E-state index in [1.807, 2.05) is 26.0 Å². The molecule has 6 nitrogen and oxygen atoms in total. The Labute approximate surface area is 174 Å². The van der Waals surface area contributed by atoms with Crippen LogP contribution in [0.25, 0.3) is 0 Å². The lowest BCUT2D eigenvalue weighted by Gasteiger charge is -2.09. The van der Waals surface area contributed by atoms with Crippen molar-refractivity contribution in [3.8, 4) is 0 Å². The largest absolute Gasteiger partial charge is 0.352 e. The third-order valence-corrected chi connectivity index (χ3v) is 4.28. The van der Waals surface area contributed by atoms with Crippen LogP contribution in [-0.4, -0.2) is 24.3 Å². The van der Waals surface area contributed by atoms with Crippen molar-refractivity contribution in [3.05, 3.63) is 65.2 Å². The van der Waals surface area contributed by atoms with Gasteiger partial charge in [0.1, 0.15) is 11.6 Å². The van der Waals surface area contributed by atoms with Crippen LogP contribution in [0.4, 0.5) is 14.5 Å². The van der Waals surface area contributed by atoms with Gasteiger partial charge in [0.25, 0.3) is 5.91 Å². The molecule has 0 unspecified atom stereocenters. The van der Waals surface area contributed by atoms with Crippen molar-refractivity contribution in [2.24, 2.45) is 5.92 Å². The first kappa shape index (κ1) is 23.0. The molecule has 2 rings (SSSR count). The smallest absolute Gasteiger partial charge is 0.254 e. The first-order valence-corrected chi connectivity index (χ1v) is 9.66. The van der Waals surface area contributed by atoms with Crippen LogP contribution in [0.15, 0.2) is 42.5 Å². The molecular formula is C22H25F2N3O3. The summed E-state index contributed by atoms with van der Waals surface area (Å²) in [6.45, 7) is 4.15. The minimum atomic E-state index is -0.931. The molecule has 2 aromatic rings. The summed E-state index contributed by atoms with van der Waals surface area (Å²) >= 11 is 0. The minimum absolute atomic E-state index is 0.0645. The van der Waals surface area contributed by atoms with Crippen LogP contribution in [0.2, 0.25) is 0 Å². The highest BCUT2D eigenvalue weighted by atomic mass is 19.1. The van der Waals surface area contributed by atoms with E-state index in [4.69, 9.17) is 0 Å². The van der Waals surface area contributed by atoms with Gasteiger partial charge in [0.05, 0.1) is 5.56 Å². The van der Waals surface area contributed by atoms with Gasteiger partial charge >= 0.3 is 0 Å². The number of carbonyl (C=O) groups excluding carboxylic acids is 3. The second-order valence-corrected chi connectivity index (χ2v) is 7.10. The van der Waals surface area contributed by atoms with E-state index in [2.05, 4.69) is 16.0 Å². The van der Waals surface area contributed by atoms with Gasteiger partial charge in [0.2, 0.25) is 11.8 Å². The molecule has 0 heterocycles. The minimum Gasteiger partial charge on any atom is -0.352 e. The third-order valence-electron chi connectivity index (χ3n) is 4.28. The van der Waals surface area contributed by atoms with Gasteiger partial charge in [0, 0.05) is 37.2 Å². The molecule has 3 amide bonds. The van der Waals surface area contributed by atoms with Crippen LogP contribution < -0.4 is 16.0 Å². The van der Waals surface area contributed by atoms with E-state index < -0.39 is 17.5 Å². The molecule has 2 aromatic carbocycles. The zero-order valence-electron chi connectivity index (χ0n) is 16.9. The molecule has 0 saturated carbocycles. The van der Waals surface area contributed by atoms with Gasteiger partial charge in [-0.1, -0.05) is 26.0 Å². The Balaban J connectivity index is 1.67. The van der Waals surface area contributed by atoms with E-state index in [9.17, 15) is 23.2 Å². The van der Waals surface area contributed by atoms with E-state index in [0.717, 1.165) is 17.7 Å². The van der Waals surface area contributed by atoms with Gasteiger partial charge < -0.3 is 16.0 Å². The lowest BCUT2D eigenvalue weighted by Crippen LogP contribution is -2.28. The lowest BCUT2D eigenvalue weighted by atomic mass is 10.1. The molecule has 0 atom stereocenters. The van der Waals surface area contributed by atoms with Gasteiger partial charge in [0.15, 0.2) is 0 Å². The van der Waals surface area contributed by atoms with Gasteiger partial charge in [-0.2, -0.15) is 0 Å². The Morgan fingerprint density at radius 3 is 2.30 bits per heavy atom. The summed E-state index contributed by atoms with van der Waals surface area (Å²) in [6, 6.07) is 9.90. The van der Waals surface area contributed by atoms with E-state index in [1.54, 1.807) is 12.1 Å². The monoisotopic (exact) mass is 417 g/mol. The Morgan fingerprint density at radius 1 is 0.967 bits per heavy atom. The number of rotatable bonds is 9. The maximum Gasteiger partial charge on any atom is 0.254 e. The molecule has 3 N–H and O–H groups in total. The highest BCUT2D eigenvalue weighted by Gasteiger charge is 2.12. The second kappa shape index (κ2) is 11.0. The maximum absolute atomic E-state index is 13.5. The van der Waals surface area contributed by atoms with Gasteiger partial charge in [-0.05, 0) is 36.2 Å². The van der Waals surface area contributed by atoms with Crippen molar-refractivity contribution in [2.75, 3.05) is 11.9 Å². The van der Waals surface area contributed by atoms with Crippen LogP contribution >= 0.6 is 0 Å². The summed E-state index contributed by atoms with van der Waals surface area (Å²) < 4.78 is 26.4. The van der Waals surface area contributed by atoms with Crippen molar-refractivity contribution in [1.82, 2.24) is 10.6 Å². The molecule has 0 aromatic heterocycles. The molecule has 0 aliphatic carbocycles. The molecule has 0 saturated heterocycles. The van der Waals surface area contributed by atoms with Crippen LogP contribution in [0, 0.1) is 17.6 Å². The molecule has 0 radical (unpaired) electrons. The zero-order chi connectivity index (χ0) is 22.1. The number of nitrogens with one attached hydrogen (secondary N) is 3. The van der Waals surface area contributed by atoms with Crippen molar-refractivity contribution in [3.63, 3.8) is 0 Å². The summed E-state index contributed by atoms with van der Waals surface area (Å²) in [5.41, 5.74) is 1.33. The quantitative estimate of drug-likeness (QED) is 0.547. The highest BCUT2D eigenvalue weighted by Crippen LogP contribution is 2.11. The molecule has 8 heteroatoms. The summed E-state index contributed by atoms with van der Waals surface area (Å²) in [4.78, 5) is 35.5. The standard InChI is InChI=1S/C22H25F2N3O3/c1-14(2)21(29)27-17-8-5-15(6-9-17)13-26-20(28)4-3-11-25-22(30)18-10-7-16(23)12-19(18)24/h5-10,12,14H,3-4,11,13H2,1-2H3,(H,25,30)(H,26,28)(H,27,29). The normalized spacial score (nSPS) is 10.6. The fraction of sp³-hybridized carbons (Fsp3) is 0.318. The number of hydrogen-bond donors (Lipinski definition) is 3. The Bertz CT molecular complexity index is 899. The Morgan fingerprint density at radius 2 is 1.67 bits per heavy atom. The van der Waals surface area contributed by atoms with E-state index in [1.165, 1.54) is 0 Å². The van der Waals surface area contributed by atoms with Crippen molar-refractivity contribution in [1.29, 1.82) is 0 Å². The molecule has 0 aliphatic heterocycles. The summed E-state index contributed by atoms with van der Waals surface area (Å²) in [5.74, 6) is -2.70. The fourth-order valence-electron chi connectivity index (χ4n) is 2.50.